The third kappa shape index (κ3) is 3.83. The van der Waals surface area contributed by atoms with Gasteiger partial charge in [0.15, 0.2) is 0 Å². The minimum absolute atomic E-state index is 0.246. The zero-order valence-corrected chi connectivity index (χ0v) is 15.0. The van der Waals surface area contributed by atoms with Gasteiger partial charge in [0.25, 0.3) is 0 Å². The van der Waals surface area contributed by atoms with Crippen LogP contribution < -0.4 is 5.32 Å². The number of aliphatic imine (C=N–C) groups is 1. The highest BCUT2D eigenvalue weighted by atomic mass is 35.5. The Kier molecular flexibility index (Phi) is 6.11. The number of halogens is 1. The van der Waals surface area contributed by atoms with Crippen LogP contribution in [0.1, 0.15) is 29.8 Å². The summed E-state index contributed by atoms with van der Waals surface area (Å²) in [6.07, 6.45) is 3.34. The molecule has 0 atom stereocenters. The van der Waals surface area contributed by atoms with Crippen molar-refractivity contribution in [1.82, 2.24) is 0 Å². The summed E-state index contributed by atoms with van der Waals surface area (Å²) in [6.45, 7) is 7.45. The Morgan fingerprint density at radius 3 is 2.83 bits per heavy atom. The number of esters is 1. The van der Waals surface area contributed by atoms with Crippen LogP contribution in [-0.4, -0.2) is 31.2 Å². The van der Waals surface area contributed by atoms with Crippen LogP contribution in [0.5, 0.6) is 0 Å². The summed E-state index contributed by atoms with van der Waals surface area (Å²) in [7, 11) is 0. The molecule has 0 unspecified atom stereocenters. The molecule has 0 fully saturated rings. The molecule has 1 amide bonds. The number of anilines is 1. The molecule has 24 heavy (non-hydrogen) atoms. The molecular weight excluding hydrogens is 348 g/mol. The minimum atomic E-state index is -0.489. The average molecular weight is 365 g/mol. The lowest BCUT2D eigenvalue weighted by atomic mass is 10.1. The predicted octanol–water partition coefficient (Wildman–Crippen LogP) is 4.29. The molecule has 0 radical (unpaired) electrons. The molecule has 0 saturated heterocycles. The van der Waals surface area contributed by atoms with E-state index >= 15 is 0 Å². The van der Waals surface area contributed by atoms with E-state index in [0.717, 1.165) is 5.56 Å². The maximum Gasteiger partial charge on any atom is 0.341 e. The lowest BCUT2D eigenvalue weighted by Crippen LogP contribution is -2.10. The molecular formula is C17H17ClN2O3S. The SMILES string of the molecule is C=CCN=Cc1ccc2c(C(=O)OCC)c(NC(C)=O)sc2c1Cl. The summed E-state index contributed by atoms with van der Waals surface area (Å²) in [5, 5.41) is 4.23. The van der Waals surface area contributed by atoms with Crippen LogP contribution in [0.2, 0.25) is 5.02 Å². The quantitative estimate of drug-likeness (QED) is 0.472. The molecule has 2 aromatic rings. The largest absolute Gasteiger partial charge is 0.462 e. The van der Waals surface area contributed by atoms with Gasteiger partial charge in [0.05, 0.1) is 22.9 Å². The van der Waals surface area contributed by atoms with Gasteiger partial charge in [0, 0.05) is 24.1 Å². The first-order chi connectivity index (χ1) is 11.5. The van der Waals surface area contributed by atoms with Crippen LogP contribution in [0.4, 0.5) is 5.00 Å². The highest BCUT2D eigenvalue weighted by Gasteiger charge is 2.23. The minimum Gasteiger partial charge on any atom is -0.462 e. The second kappa shape index (κ2) is 8.08. The summed E-state index contributed by atoms with van der Waals surface area (Å²) in [4.78, 5) is 27.9. The van der Waals surface area contributed by atoms with Crippen LogP contribution in [0, 0.1) is 0 Å². The van der Waals surface area contributed by atoms with Crippen LogP contribution in [-0.2, 0) is 9.53 Å². The molecule has 5 nitrogen and oxygen atoms in total. The Morgan fingerprint density at radius 1 is 1.46 bits per heavy atom. The highest BCUT2D eigenvalue weighted by Crippen LogP contribution is 2.41. The highest BCUT2D eigenvalue weighted by molar-refractivity contribution is 7.24. The number of nitrogens with zero attached hydrogens (tertiary/aromatic N) is 1. The van der Waals surface area contributed by atoms with Crippen molar-refractivity contribution < 1.29 is 14.3 Å². The van der Waals surface area contributed by atoms with E-state index in [1.807, 2.05) is 0 Å². The Morgan fingerprint density at radius 2 is 2.21 bits per heavy atom. The number of thiophene rings is 1. The molecule has 0 bridgehead atoms. The monoisotopic (exact) mass is 364 g/mol. The number of nitrogens with one attached hydrogen (secondary N) is 1. The third-order valence-electron chi connectivity index (χ3n) is 3.06. The van der Waals surface area contributed by atoms with Gasteiger partial charge < -0.3 is 10.1 Å². The Labute approximate surface area is 149 Å². The molecule has 0 aliphatic carbocycles. The van der Waals surface area contributed by atoms with E-state index in [0.29, 0.717) is 32.2 Å². The molecule has 1 aromatic carbocycles. The molecule has 1 aromatic heterocycles. The van der Waals surface area contributed by atoms with E-state index in [1.165, 1.54) is 18.3 Å². The van der Waals surface area contributed by atoms with E-state index in [4.69, 9.17) is 16.3 Å². The van der Waals surface area contributed by atoms with Crippen LogP contribution in [0.15, 0.2) is 29.8 Å². The molecule has 0 aliphatic heterocycles. The maximum absolute atomic E-state index is 12.3. The number of benzene rings is 1. The van der Waals surface area contributed by atoms with Gasteiger partial charge in [-0.3, -0.25) is 9.79 Å². The topological polar surface area (TPSA) is 67.8 Å². The van der Waals surface area contributed by atoms with Gasteiger partial charge in [-0.15, -0.1) is 17.9 Å². The lowest BCUT2D eigenvalue weighted by molar-refractivity contribution is -0.114. The van der Waals surface area contributed by atoms with Gasteiger partial charge in [-0.25, -0.2) is 4.79 Å². The fraction of sp³-hybridized carbons (Fsp3) is 0.235. The summed E-state index contributed by atoms with van der Waals surface area (Å²) in [5.74, 6) is -0.757. The van der Waals surface area contributed by atoms with Crippen molar-refractivity contribution >= 4 is 56.1 Å². The molecule has 1 heterocycles. The van der Waals surface area contributed by atoms with E-state index in [2.05, 4.69) is 16.9 Å². The first-order valence-electron chi connectivity index (χ1n) is 7.30. The number of ether oxygens (including phenoxy) is 1. The molecule has 1 N–H and O–H groups in total. The number of hydrogen-bond donors (Lipinski definition) is 1. The molecule has 0 aliphatic rings. The Balaban J connectivity index is 2.61. The van der Waals surface area contributed by atoms with Gasteiger partial charge >= 0.3 is 5.97 Å². The molecule has 0 spiro atoms. The average Bonchev–Trinajstić information content (AvgIpc) is 2.88. The number of carbonyl (C=O) groups excluding carboxylic acids is 2. The summed E-state index contributed by atoms with van der Waals surface area (Å²) < 4.78 is 5.80. The standard InChI is InChI=1S/C17H17ClN2O3S/c1-4-8-19-9-11-6-7-12-13(17(22)23-5-2)16(20-10(3)21)24-15(12)14(11)18/h4,6-7,9H,1,5,8H2,2-3H3,(H,20,21). The van der Waals surface area contributed by atoms with Gasteiger partial charge in [0.2, 0.25) is 5.91 Å². The van der Waals surface area contributed by atoms with Crippen molar-refractivity contribution in [1.29, 1.82) is 0 Å². The Hall–Kier alpha value is -2.18. The zero-order valence-electron chi connectivity index (χ0n) is 13.4. The van der Waals surface area contributed by atoms with E-state index in [9.17, 15) is 9.59 Å². The summed E-state index contributed by atoms with van der Waals surface area (Å²) in [5.41, 5.74) is 1.06. The summed E-state index contributed by atoms with van der Waals surface area (Å²) >= 11 is 7.69. The number of amides is 1. The number of hydrogen-bond acceptors (Lipinski definition) is 5. The normalized spacial score (nSPS) is 11.0. The van der Waals surface area contributed by atoms with E-state index in [1.54, 1.807) is 31.3 Å². The molecule has 126 valence electrons. The van der Waals surface area contributed by atoms with Gasteiger partial charge in [0.1, 0.15) is 10.6 Å². The van der Waals surface area contributed by atoms with Crippen molar-refractivity contribution in [3.8, 4) is 0 Å². The number of rotatable bonds is 6. The number of carbonyl (C=O) groups is 2. The van der Waals surface area contributed by atoms with Crippen LogP contribution in [0.25, 0.3) is 10.1 Å². The maximum atomic E-state index is 12.3. The van der Waals surface area contributed by atoms with E-state index in [-0.39, 0.29) is 12.5 Å². The lowest BCUT2D eigenvalue weighted by Gasteiger charge is -2.05. The first kappa shape index (κ1) is 18.2. The fourth-order valence-corrected chi connectivity index (χ4v) is 3.63. The zero-order chi connectivity index (χ0) is 17.7. The van der Waals surface area contributed by atoms with Crippen molar-refractivity contribution in [2.75, 3.05) is 18.5 Å². The molecule has 0 saturated carbocycles. The van der Waals surface area contributed by atoms with Crippen LogP contribution >= 0.6 is 22.9 Å². The third-order valence-corrected chi connectivity index (χ3v) is 4.72. The van der Waals surface area contributed by atoms with Crippen molar-refractivity contribution in [2.45, 2.75) is 13.8 Å². The molecule has 7 heteroatoms. The fourth-order valence-electron chi connectivity index (χ4n) is 2.12. The van der Waals surface area contributed by atoms with Crippen LogP contribution in [0.3, 0.4) is 0 Å². The smallest absolute Gasteiger partial charge is 0.341 e. The van der Waals surface area contributed by atoms with Crippen molar-refractivity contribution in [3.05, 3.63) is 40.9 Å². The second-order valence-electron chi connectivity index (χ2n) is 4.84. The van der Waals surface area contributed by atoms with Crippen molar-refractivity contribution in [3.63, 3.8) is 0 Å². The number of fused-ring (bicyclic) bond motifs is 1. The Bertz CT molecular complexity index is 827. The van der Waals surface area contributed by atoms with Gasteiger partial charge in [-0.2, -0.15) is 0 Å². The summed E-state index contributed by atoms with van der Waals surface area (Å²) in [6, 6.07) is 3.56. The van der Waals surface area contributed by atoms with Crippen molar-refractivity contribution in [2.24, 2.45) is 4.99 Å². The van der Waals surface area contributed by atoms with E-state index < -0.39 is 5.97 Å². The van der Waals surface area contributed by atoms with Gasteiger partial charge in [-0.05, 0) is 6.92 Å². The second-order valence-corrected chi connectivity index (χ2v) is 6.23. The molecule has 2 rings (SSSR count). The van der Waals surface area contributed by atoms with Gasteiger partial charge in [-0.1, -0.05) is 29.8 Å². The predicted molar refractivity (Wildman–Crippen MR) is 99.8 cm³/mol. The first-order valence-corrected chi connectivity index (χ1v) is 8.49.